The Kier molecular flexibility index (Phi) is 7.98. The molecule has 0 amide bonds. The molecule has 4 aromatic carbocycles. The molecule has 0 N–H and O–H groups in total. The maximum atomic E-state index is 12.3. The molecule has 0 unspecified atom stereocenters. The van der Waals surface area contributed by atoms with Crippen molar-refractivity contribution in [3.8, 4) is 34.0 Å². The first kappa shape index (κ1) is 25.7. The first-order chi connectivity index (χ1) is 19.2. The van der Waals surface area contributed by atoms with E-state index in [9.17, 15) is 4.79 Å². The number of hydrogen-bond acceptors (Lipinski definition) is 4. The van der Waals surface area contributed by atoms with Crippen LogP contribution in [0, 0.1) is 0 Å². The average Bonchev–Trinajstić information content (AvgIpc) is 3.37. The number of aromatic nitrogens is 1. The van der Waals surface area contributed by atoms with Gasteiger partial charge in [-0.2, -0.15) is 0 Å². The molecule has 0 fully saturated rings. The van der Waals surface area contributed by atoms with Gasteiger partial charge < -0.3 is 14.0 Å². The Labute approximate surface area is 229 Å². The van der Waals surface area contributed by atoms with E-state index in [4.69, 9.17) is 14.5 Å². The van der Waals surface area contributed by atoms with Gasteiger partial charge in [0.2, 0.25) is 0 Å². The van der Waals surface area contributed by atoms with Crippen LogP contribution in [0.15, 0.2) is 120 Å². The molecule has 5 nitrogen and oxygen atoms in total. The van der Waals surface area contributed by atoms with Crippen LogP contribution in [0.5, 0.6) is 5.75 Å². The molecule has 0 aliphatic heterocycles. The van der Waals surface area contributed by atoms with Crippen LogP contribution in [-0.2, 0) is 4.74 Å². The zero-order chi connectivity index (χ0) is 27.0. The second kappa shape index (κ2) is 12.1. The lowest BCUT2D eigenvalue weighted by Crippen LogP contribution is -2.05. The lowest BCUT2D eigenvalue weighted by molar-refractivity contribution is 0.0526. The van der Waals surface area contributed by atoms with Crippen LogP contribution in [0.25, 0.3) is 28.2 Å². The van der Waals surface area contributed by atoms with Gasteiger partial charge in [0.25, 0.3) is 0 Å². The van der Waals surface area contributed by atoms with E-state index in [1.807, 2.05) is 98.1 Å². The molecule has 5 rings (SSSR count). The van der Waals surface area contributed by atoms with Gasteiger partial charge in [0.05, 0.1) is 30.2 Å². The van der Waals surface area contributed by atoms with Crippen LogP contribution in [0.2, 0.25) is 0 Å². The molecule has 194 valence electrons. The van der Waals surface area contributed by atoms with E-state index in [-0.39, 0.29) is 5.97 Å². The Morgan fingerprint density at radius 3 is 2.08 bits per heavy atom. The largest absolute Gasteiger partial charge is 0.492 e. The third-order valence-electron chi connectivity index (χ3n) is 6.29. The fourth-order valence-corrected chi connectivity index (χ4v) is 4.55. The molecule has 0 aliphatic rings. The zero-order valence-corrected chi connectivity index (χ0v) is 22.1. The van der Waals surface area contributed by atoms with Gasteiger partial charge in [0, 0.05) is 17.5 Å². The van der Waals surface area contributed by atoms with E-state index in [2.05, 4.69) is 34.9 Å². The van der Waals surface area contributed by atoms with Gasteiger partial charge in [-0.05, 0) is 67.4 Å². The van der Waals surface area contributed by atoms with Crippen molar-refractivity contribution >= 4 is 17.9 Å². The normalized spacial score (nSPS) is 11.0. The standard InChI is InChI=1S/C34H30N2O3/c1-3-38-32-18-12-11-17-30(32)35-24-28-23-31(25-13-7-5-8-14-25)36(33(28)26-15-9-6-10-16-26)29-21-19-27(20-22-29)34(37)39-4-2/h5-24H,3-4H2,1-2H3. The highest BCUT2D eigenvalue weighted by atomic mass is 16.5. The van der Waals surface area contributed by atoms with Gasteiger partial charge in [0.15, 0.2) is 0 Å². The Hall–Kier alpha value is -4.90. The van der Waals surface area contributed by atoms with Crippen molar-refractivity contribution in [3.63, 3.8) is 0 Å². The maximum Gasteiger partial charge on any atom is 0.338 e. The van der Waals surface area contributed by atoms with Crippen molar-refractivity contribution in [2.75, 3.05) is 13.2 Å². The highest BCUT2D eigenvalue weighted by molar-refractivity contribution is 5.95. The number of rotatable bonds is 9. The molecule has 5 aromatic rings. The second-order valence-electron chi connectivity index (χ2n) is 8.83. The van der Waals surface area contributed by atoms with E-state index >= 15 is 0 Å². The molecule has 0 radical (unpaired) electrons. The van der Waals surface area contributed by atoms with Gasteiger partial charge in [0.1, 0.15) is 11.4 Å². The van der Waals surface area contributed by atoms with Crippen LogP contribution in [0.1, 0.15) is 29.8 Å². The van der Waals surface area contributed by atoms with E-state index in [1.165, 1.54) is 0 Å². The summed E-state index contributed by atoms with van der Waals surface area (Å²) in [6.07, 6.45) is 1.90. The van der Waals surface area contributed by atoms with Gasteiger partial charge >= 0.3 is 5.97 Å². The molecular weight excluding hydrogens is 484 g/mol. The number of esters is 1. The summed E-state index contributed by atoms with van der Waals surface area (Å²) in [5.74, 6) is 0.415. The van der Waals surface area contributed by atoms with E-state index in [0.29, 0.717) is 18.8 Å². The Morgan fingerprint density at radius 2 is 1.41 bits per heavy atom. The smallest absolute Gasteiger partial charge is 0.338 e. The van der Waals surface area contributed by atoms with Crippen LogP contribution in [-0.4, -0.2) is 30.0 Å². The fraction of sp³-hybridized carbons (Fsp3) is 0.118. The van der Waals surface area contributed by atoms with Crippen molar-refractivity contribution in [2.24, 2.45) is 4.99 Å². The molecule has 0 atom stereocenters. The Morgan fingerprint density at radius 1 is 0.769 bits per heavy atom. The van der Waals surface area contributed by atoms with Gasteiger partial charge in [-0.3, -0.25) is 4.99 Å². The first-order valence-electron chi connectivity index (χ1n) is 13.1. The van der Waals surface area contributed by atoms with Gasteiger partial charge in [-0.15, -0.1) is 0 Å². The molecule has 0 bridgehead atoms. The van der Waals surface area contributed by atoms with Crippen LogP contribution < -0.4 is 4.74 Å². The molecule has 0 spiro atoms. The molecule has 0 saturated heterocycles. The molecule has 39 heavy (non-hydrogen) atoms. The van der Waals surface area contributed by atoms with Crippen LogP contribution in [0.3, 0.4) is 0 Å². The summed E-state index contributed by atoms with van der Waals surface area (Å²) in [7, 11) is 0. The van der Waals surface area contributed by atoms with Crippen molar-refractivity contribution in [1.29, 1.82) is 0 Å². The molecular formula is C34H30N2O3. The van der Waals surface area contributed by atoms with Crippen LogP contribution >= 0.6 is 0 Å². The lowest BCUT2D eigenvalue weighted by Gasteiger charge is -2.15. The summed E-state index contributed by atoms with van der Waals surface area (Å²) < 4.78 is 13.2. The minimum absolute atomic E-state index is 0.330. The predicted molar refractivity (Wildman–Crippen MR) is 157 cm³/mol. The second-order valence-corrected chi connectivity index (χ2v) is 8.83. The molecule has 5 heteroatoms. The zero-order valence-electron chi connectivity index (χ0n) is 22.1. The monoisotopic (exact) mass is 514 g/mol. The summed E-state index contributed by atoms with van der Waals surface area (Å²) in [6, 6.07) is 38.0. The molecule has 1 heterocycles. The molecule has 0 saturated carbocycles. The van der Waals surface area contributed by atoms with Gasteiger partial charge in [-0.1, -0.05) is 72.8 Å². The first-order valence-corrected chi connectivity index (χ1v) is 13.1. The minimum atomic E-state index is -0.330. The highest BCUT2D eigenvalue weighted by Gasteiger charge is 2.19. The summed E-state index contributed by atoms with van der Waals surface area (Å²) >= 11 is 0. The predicted octanol–water partition coefficient (Wildman–Crippen LogP) is 8.14. The lowest BCUT2D eigenvalue weighted by atomic mass is 10.1. The third-order valence-corrected chi connectivity index (χ3v) is 6.29. The van der Waals surface area contributed by atoms with Gasteiger partial charge in [-0.25, -0.2) is 4.79 Å². The van der Waals surface area contributed by atoms with Crippen molar-refractivity contribution < 1.29 is 14.3 Å². The number of benzene rings is 4. The summed E-state index contributed by atoms with van der Waals surface area (Å²) in [5.41, 5.74) is 7.30. The maximum absolute atomic E-state index is 12.3. The number of aliphatic imine (C=N–C) groups is 1. The van der Waals surface area contributed by atoms with Crippen molar-refractivity contribution in [1.82, 2.24) is 4.57 Å². The van der Waals surface area contributed by atoms with E-state index < -0.39 is 0 Å². The number of carbonyl (C=O) groups is 1. The SMILES string of the molecule is CCOC(=O)c1ccc(-n2c(-c3ccccc3)cc(C=Nc3ccccc3OCC)c2-c2ccccc2)cc1. The quantitative estimate of drug-likeness (QED) is 0.147. The van der Waals surface area contributed by atoms with E-state index in [0.717, 1.165) is 45.2 Å². The number of carbonyl (C=O) groups excluding carboxylic acids is 1. The Bertz CT molecular complexity index is 1570. The average molecular weight is 515 g/mol. The third kappa shape index (κ3) is 5.68. The number of hydrogen-bond donors (Lipinski definition) is 0. The number of nitrogens with zero attached hydrogens (tertiary/aromatic N) is 2. The number of para-hydroxylation sites is 2. The summed E-state index contributed by atoms with van der Waals surface area (Å²) in [6.45, 7) is 4.68. The molecule has 0 aliphatic carbocycles. The van der Waals surface area contributed by atoms with Crippen molar-refractivity contribution in [3.05, 3.63) is 126 Å². The van der Waals surface area contributed by atoms with Crippen molar-refractivity contribution in [2.45, 2.75) is 13.8 Å². The topological polar surface area (TPSA) is 52.8 Å². The summed E-state index contributed by atoms with van der Waals surface area (Å²) in [4.78, 5) is 17.2. The molecule has 1 aromatic heterocycles. The minimum Gasteiger partial charge on any atom is -0.492 e. The number of ether oxygens (including phenoxy) is 2. The summed E-state index contributed by atoms with van der Waals surface area (Å²) in [5, 5.41) is 0. The highest BCUT2D eigenvalue weighted by Crippen LogP contribution is 2.36. The van der Waals surface area contributed by atoms with Crippen LogP contribution in [0.4, 0.5) is 5.69 Å². The Balaban J connectivity index is 1.71. The van der Waals surface area contributed by atoms with E-state index in [1.54, 1.807) is 6.92 Å². The fourth-order valence-electron chi connectivity index (χ4n) is 4.55.